The lowest BCUT2D eigenvalue weighted by atomic mass is 9.97. The summed E-state index contributed by atoms with van der Waals surface area (Å²) in [5.74, 6) is -2.45. The van der Waals surface area contributed by atoms with Gasteiger partial charge in [-0.05, 0) is 60.1 Å². The highest BCUT2D eigenvalue weighted by Crippen LogP contribution is 2.56. The standard InChI is InChI=1S/C16H19O7PS/c17-12-5-3-11(4-6-12)2-1-9-16(19,20)14-10-13(18)7-8-15(14)25-24(21,22)23/h3-8,10,17-20H,1-2,9H2,(H2,21,22,23). The summed E-state index contributed by atoms with van der Waals surface area (Å²) >= 11 is 0.202. The molecule has 136 valence electrons. The maximum absolute atomic E-state index is 11.2. The summed E-state index contributed by atoms with van der Waals surface area (Å²) in [6.45, 7) is -4.49. The number of phenols is 2. The molecule has 2 aromatic rings. The number of aromatic hydroxyl groups is 2. The predicted octanol–water partition coefficient (Wildman–Crippen LogP) is 2.44. The van der Waals surface area contributed by atoms with Crippen LogP contribution in [-0.2, 0) is 16.8 Å². The van der Waals surface area contributed by atoms with Crippen molar-refractivity contribution in [1.82, 2.24) is 0 Å². The van der Waals surface area contributed by atoms with Crippen LogP contribution in [0.4, 0.5) is 0 Å². The first-order valence-electron chi connectivity index (χ1n) is 7.38. The maximum atomic E-state index is 11.2. The van der Waals surface area contributed by atoms with Crippen LogP contribution in [0.15, 0.2) is 47.4 Å². The van der Waals surface area contributed by atoms with Gasteiger partial charge in [0.1, 0.15) is 11.5 Å². The topological polar surface area (TPSA) is 138 Å². The largest absolute Gasteiger partial charge is 0.508 e. The molecule has 0 aliphatic heterocycles. The molecule has 2 aromatic carbocycles. The van der Waals surface area contributed by atoms with E-state index in [9.17, 15) is 25.0 Å². The summed E-state index contributed by atoms with van der Waals surface area (Å²) in [6, 6.07) is 10.0. The van der Waals surface area contributed by atoms with E-state index in [2.05, 4.69) is 0 Å². The normalized spacial score (nSPS) is 12.3. The molecule has 0 atom stereocenters. The van der Waals surface area contributed by atoms with E-state index in [1.165, 1.54) is 24.3 Å². The molecular weight excluding hydrogens is 367 g/mol. The minimum Gasteiger partial charge on any atom is -0.508 e. The van der Waals surface area contributed by atoms with E-state index in [4.69, 9.17) is 9.79 Å². The van der Waals surface area contributed by atoms with Crippen LogP contribution in [0.2, 0.25) is 0 Å². The molecule has 0 spiro atoms. The van der Waals surface area contributed by atoms with Crippen molar-refractivity contribution in [3.8, 4) is 11.5 Å². The Kier molecular flexibility index (Phi) is 6.16. The van der Waals surface area contributed by atoms with Gasteiger partial charge in [0.15, 0.2) is 5.79 Å². The number of phenolic OH excluding ortho intramolecular Hbond substituents is 2. The van der Waals surface area contributed by atoms with Crippen molar-refractivity contribution < 1.29 is 34.8 Å². The smallest absolute Gasteiger partial charge is 0.388 e. The Morgan fingerprint density at radius 3 is 2.16 bits per heavy atom. The molecule has 0 fully saturated rings. The highest BCUT2D eigenvalue weighted by Gasteiger charge is 2.31. The van der Waals surface area contributed by atoms with Gasteiger partial charge >= 0.3 is 6.80 Å². The molecule has 0 saturated carbocycles. The number of hydrogen-bond acceptors (Lipinski definition) is 6. The lowest BCUT2D eigenvalue weighted by Gasteiger charge is -2.25. The van der Waals surface area contributed by atoms with Gasteiger partial charge in [0.25, 0.3) is 0 Å². The molecule has 0 aliphatic carbocycles. The Labute approximate surface area is 148 Å². The first kappa shape index (κ1) is 19.8. The zero-order valence-corrected chi connectivity index (χ0v) is 14.8. The van der Waals surface area contributed by atoms with Crippen molar-refractivity contribution >= 4 is 18.2 Å². The van der Waals surface area contributed by atoms with E-state index < -0.39 is 12.6 Å². The van der Waals surface area contributed by atoms with Crippen molar-refractivity contribution in [3.63, 3.8) is 0 Å². The predicted molar refractivity (Wildman–Crippen MR) is 93.2 cm³/mol. The van der Waals surface area contributed by atoms with Gasteiger partial charge in [0.2, 0.25) is 0 Å². The summed E-state index contributed by atoms with van der Waals surface area (Å²) in [5.41, 5.74) is 0.737. The van der Waals surface area contributed by atoms with E-state index in [0.29, 0.717) is 12.8 Å². The maximum Gasteiger partial charge on any atom is 0.388 e. The molecule has 6 N–H and O–H groups in total. The van der Waals surface area contributed by atoms with Gasteiger partial charge in [-0.15, -0.1) is 0 Å². The quantitative estimate of drug-likeness (QED) is 0.315. The van der Waals surface area contributed by atoms with Gasteiger partial charge in [-0.3, -0.25) is 0 Å². The lowest BCUT2D eigenvalue weighted by molar-refractivity contribution is -0.177. The van der Waals surface area contributed by atoms with E-state index in [0.717, 1.165) is 11.6 Å². The zero-order valence-electron chi connectivity index (χ0n) is 13.1. The van der Waals surface area contributed by atoms with E-state index >= 15 is 0 Å². The van der Waals surface area contributed by atoms with Crippen LogP contribution in [0.3, 0.4) is 0 Å². The molecule has 0 heterocycles. The van der Waals surface area contributed by atoms with E-state index in [-0.39, 0.29) is 39.8 Å². The molecule has 0 aromatic heterocycles. The van der Waals surface area contributed by atoms with Gasteiger partial charge in [-0.25, -0.2) is 4.57 Å². The molecule has 2 rings (SSSR count). The van der Waals surface area contributed by atoms with Crippen molar-refractivity contribution in [2.45, 2.75) is 29.9 Å². The van der Waals surface area contributed by atoms with Crippen molar-refractivity contribution in [2.75, 3.05) is 0 Å². The highest BCUT2D eigenvalue weighted by molar-refractivity contribution is 8.54. The van der Waals surface area contributed by atoms with Gasteiger partial charge < -0.3 is 30.2 Å². The number of aryl methyl sites for hydroxylation is 1. The van der Waals surface area contributed by atoms with Crippen LogP contribution in [-0.4, -0.2) is 30.2 Å². The number of hydrogen-bond donors (Lipinski definition) is 6. The Morgan fingerprint density at radius 2 is 1.56 bits per heavy atom. The average Bonchev–Trinajstić information content (AvgIpc) is 2.49. The van der Waals surface area contributed by atoms with Gasteiger partial charge in [0, 0.05) is 16.9 Å². The minimum absolute atomic E-state index is 0.0132. The number of benzene rings is 2. The van der Waals surface area contributed by atoms with Crippen LogP contribution < -0.4 is 0 Å². The third kappa shape index (κ3) is 6.04. The second-order valence-corrected chi connectivity index (χ2v) is 9.18. The van der Waals surface area contributed by atoms with Crippen molar-refractivity contribution in [3.05, 3.63) is 53.6 Å². The Balaban J connectivity index is 2.13. The molecule has 0 radical (unpaired) electrons. The Bertz CT molecular complexity index is 771. The first-order chi connectivity index (χ1) is 11.6. The van der Waals surface area contributed by atoms with Gasteiger partial charge in [-0.2, -0.15) is 0 Å². The van der Waals surface area contributed by atoms with Crippen LogP contribution in [0.5, 0.6) is 11.5 Å². The SMILES string of the molecule is O=P(O)(O)Sc1ccc(O)cc1C(O)(O)CCCc1ccc(O)cc1. The molecular formula is C16H19O7PS. The molecule has 0 amide bonds. The van der Waals surface area contributed by atoms with Crippen molar-refractivity contribution in [1.29, 1.82) is 0 Å². The fourth-order valence-electron chi connectivity index (χ4n) is 2.37. The summed E-state index contributed by atoms with van der Waals surface area (Å²) in [5, 5.41) is 39.5. The zero-order chi connectivity index (χ0) is 18.7. The second-order valence-electron chi connectivity index (χ2n) is 5.60. The highest BCUT2D eigenvalue weighted by atomic mass is 32.7. The van der Waals surface area contributed by atoms with Crippen LogP contribution in [0.25, 0.3) is 0 Å². The second kappa shape index (κ2) is 7.78. The third-order valence-electron chi connectivity index (χ3n) is 3.54. The van der Waals surface area contributed by atoms with Gasteiger partial charge in [0.05, 0.1) is 0 Å². The fraction of sp³-hybridized carbons (Fsp3) is 0.250. The van der Waals surface area contributed by atoms with Crippen LogP contribution >= 0.6 is 18.2 Å². The molecule has 9 heteroatoms. The molecule has 0 unspecified atom stereocenters. The minimum atomic E-state index is -4.49. The van der Waals surface area contributed by atoms with Crippen molar-refractivity contribution in [2.24, 2.45) is 0 Å². The molecule has 7 nitrogen and oxygen atoms in total. The monoisotopic (exact) mass is 386 g/mol. The van der Waals surface area contributed by atoms with Crippen LogP contribution in [0.1, 0.15) is 24.0 Å². The first-order valence-corrected chi connectivity index (χ1v) is 10.4. The van der Waals surface area contributed by atoms with E-state index in [1.54, 1.807) is 12.1 Å². The summed E-state index contributed by atoms with van der Waals surface area (Å²) in [6.07, 6.45) is 0.780. The molecule has 0 saturated heterocycles. The Hall–Kier alpha value is -1.54. The summed E-state index contributed by atoms with van der Waals surface area (Å²) < 4.78 is 11.2. The average molecular weight is 386 g/mol. The molecule has 25 heavy (non-hydrogen) atoms. The van der Waals surface area contributed by atoms with Crippen LogP contribution in [0, 0.1) is 0 Å². The summed E-state index contributed by atoms with van der Waals surface area (Å²) in [4.78, 5) is 18.2. The number of rotatable bonds is 7. The van der Waals surface area contributed by atoms with Gasteiger partial charge in [-0.1, -0.05) is 12.1 Å². The lowest BCUT2D eigenvalue weighted by Crippen LogP contribution is -2.26. The Morgan fingerprint density at radius 1 is 0.960 bits per heavy atom. The van der Waals surface area contributed by atoms with E-state index in [1.807, 2.05) is 0 Å². The number of aliphatic hydroxyl groups is 2. The summed E-state index contributed by atoms with van der Waals surface area (Å²) in [7, 11) is 0. The molecule has 0 bridgehead atoms. The fourth-order valence-corrected chi connectivity index (χ4v) is 4.33. The third-order valence-corrected chi connectivity index (χ3v) is 5.63. The molecule has 0 aliphatic rings.